The van der Waals surface area contributed by atoms with Crippen molar-refractivity contribution in [2.24, 2.45) is 0 Å². The second-order valence-electron chi connectivity index (χ2n) is 8.31. The minimum Gasteiger partial charge on any atom is -0.338 e. The van der Waals surface area contributed by atoms with Crippen LogP contribution in [0.25, 0.3) is 21.5 Å². The van der Waals surface area contributed by atoms with E-state index < -0.39 is 0 Å². The third kappa shape index (κ3) is 3.18. The van der Waals surface area contributed by atoms with Crippen LogP contribution in [0, 0.1) is 0 Å². The molecular weight excluding hydrogens is 344 g/mol. The summed E-state index contributed by atoms with van der Waals surface area (Å²) in [6.07, 6.45) is 6.26. The van der Waals surface area contributed by atoms with Crippen LogP contribution < -0.4 is 0 Å². The smallest absolute Gasteiger partial charge is 0.255 e. The van der Waals surface area contributed by atoms with Gasteiger partial charge in [0.2, 0.25) is 0 Å². The predicted molar refractivity (Wildman–Crippen MR) is 116 cm³/mol. The molecule has 28 heavy (non-hydrogen) atoms. The van der Waals surface area contributed by atoms with E-state index in [0.717, 1.165) is 53.0 Å². The molecule has 0 N–H and O–H groups in total. The van der Waals surface area contributed by atoms with Gasteiger partial charge in [-0.05, 0) is 66.4 Å². The predicted octanol–water partition coefficient (Wildman–Crippen LogP) is 5.08. The Balaban J connectivity index is 1.44. The molecule has 2 heterocycles. The maximum absolute atomic E-state index is 13.6. The van der Waals surface area contributed by atoms with E-state index in [0.29, 0.717) is 6.04 Å². The van der Waals surface area contributed by atoms with Gasteiger partial charge in [0.25, 0.3) is 5.91 Å². The zero-order valence-electron chi connectivity index (χ0n) is 16.4. The fraction of sp³-hybridized carbons (Fsp3) is 0.400. The van der Waals surface area contributed by atoms with Gasteiger partial charge in [-0.25, -0.2) is 0 Å². The summed E-state index contributed by atoms with van der Waals surface area (Å²) in [6.45, 7) is 4.23. The second-order valence-corrected chi connectivity index (χ2v) is 8.31. The van der Waals surface area contributed by atoms with Crippen LogP contribution in [-0.2, 0) is 0 Å². The molecule has 2 saturated heterocycles. The highest BCUT2D eigenvalue weighted by atomic mass is 16.2. The van der Waals surface area contributed by atoms with Gasteiger partial charge in [-0.1, -0.05) is 55.0 Å². The molecule has 2 aliphatic rings. The fourth-order valence-corrected chi connectivity index (χ4v) is 5.12. The lowest BCUT2D eigenvalue weighted by molar-refractivity contribution is 0.0593. The lowest BCUT2D eigenvalue weighted by atomic mass is 9.94. The summed E-state index contributed by atoms with van der Waals surface area (Å²) >= 11 is 0. The number of likely N-dealkylation sites (tertiary alicyclic amines) is 2. The summed E-state index contributed by atoms with van der Waals surface area (Å²) in [5.74, 6) is 0.199. The van der Waals surface area contributed by atoms with Crippen molar-refractivity contribution in [1.29, 1.82) is 0 Å². The molecule has 3 aromatic carbocycles. The van der Waals surface area contributed by atoms with E-state index in [1.54, 1.807) is 0 Å². The number of hydrogen-bond acceptors (Lipinski definition) is 2. The normalized spacial score (nSPS) is 19.4. The molecule has 0 radical (unpaired) electrons. The SMILES string of the molecule is O=C(c1c2ccccc2cc2ccccc12)N1CCC(N2CCCCC2)CC1. The number of fused-ring (bicyclic) bond motifs is 2. The molecule has 3 heteroatoms. The molecule has 0 aromatic heterocycles. The summed E-state index contributed by atoms with van der Waals surface area (Å²) in [5, 5.41) is 4.44. The average Bonchev–Trinajstić information content (AvgIpc) is 2.77. The zero-order valence-corrected chi connectivity index (χ0v) is 16.4. The van der Waals surface area contributed by atoms with Crippen molar-refractivity contribution >= 4 is 27.5 Å². The topological polar surface area (TPSA) is 23.6 Å². The van der Waals surface area contributed by atoms with Crippen LogP contribution in [0.3, 0.4) is 0 Å². The monoisotopic (exact) mass is 372 g/mol. The molecule has 0 aliphatic carbocycles. The van der Waals surface area contributed by atoms with E-state index in [1.807, 2.05) is 12.1 Å². The first-order valence-electron chi connectivity index (χ1n) is 10.7. The fourth-order valence-electron chi connectivity index (χ4n) is 5.12. The number of rotatable bonds is 2. The molecule has 0 unspecified atom stereocenters. The molecule has 3 aromatic rings. The summed E-state index contributed by atoms with van der Waals surface area (Å²) in [7, 11) is 0. The van der Waals surface area contributed by atoms with Gasteiger partial charge >= 0.3 is 0 Å². The van der Waals surface area contributed by atoms with Crippen LogP contribution in [0.5, 0.6) is 0 Å². The summed E-state index contributed by atoms with van der Waals surface area (Å²) in [6, 6.07) is 19.4. The molecule has 0 saturated carbocycles. The largest absolute Gasteiger partial charge is 0.338 e. The average molecular weight is 373 g/mol. The molecule has 5 rings (SSSR count). The Morgan fingerprint density at radius 1 is 0.750 bits per heavy atom. The van der Waals surface area contributed by atoms with E-state index >= 15 is 0 Å². The summed E-state index contributed by atoms with van der Waals surface area (Å²) in [5.41, 5.74) is 0.880. The van der Waals surface area contributed by atoms with Gasteiger partial charge in [-0.2, -0.15) is 0 Å². The molecular formula is C25H28N2O. The maximum atomic E-state index is 13.6. The van der Waals surface area contributed by atoms with Crippen LogP contribution >= 0.6 is 0 Å². The first kappa shape index (κ1) is 17.7. The van der Waals surface area contributed by atoms with Gasteiger partial charge in [0.15, 0.2) is 0 Å². The van der Waals surface area contributed by atoms with Gasteiger partial charge in [-0.3, -0.25) is 4.79 Å². The van der Waals surface area contributed by atoms with Crippen molar-refractivity contribution in [3.05, 3.63) is 60.2 Å². The van der Waals surface area contributed by atoms with Gasteiger partial charge in [-0.15, -0.1) is 0 Å². The minimum absolute atomic E-state index is 0.199. The standard InChI is InChI=1S/C25H28N2O/c28-25(27-16-12-21(13-17-27)26-14-6-1-7-15-26)24-22-10-4-2-8-19(22)18-20-9-3-5-11-23(20)24/h2-5,8-11,18,21H,1,6-7,12-17H2. The van der Waals surface area contributed by atoms with E-state index in [2.05, 4.69) is 52.3 Å². The quantitative estimate of drug-likeness (QED) is 0.586. The van der Waals surface area contributed by atoms with Crippen LogP contribution in [0.4, 0.5) is 0 Å². The lowest BCUT2D eigenvalue weighted by Crippen LogP contribution is -2.48. The van der Waals surface area contributed by atoms with Crippen LogP contribution in [0.15, 0.2) is 54.6 Å². The number of carbonyl (C=O) groups excluding carboxylic acids is 1. The minimum atomic E-state index is 0.199. The van der Waals surface area contributed by atoms with Crippen molar-refractivity contribution in [3.63, 3.8) is 0 Å². The van der Waals surface area contributed by atoms with Gasteiger partial charge in [0, 0.05) is 19.1 Å². The Morgan fingerprint density at radius 3 is 1.93 bits per heavy atom. The highest BCUT2D eigenvalue weighted by Crippen LogP contribution is 2.31. The van der Waals surface area contributed by atoms with Gasteiger partial charge in [0.05, 0.1) is 5.56 Å². The highest BCUT2D eigenvalue weighted by Gasteiger charge is 2.29. The number of nitrogens with zero attached hydrogens (tertiary/aromatic N) is 2. The molecule has 0 spiro atoms. The van der Waals surface area contributed by atoms with Crippen LogP contribution in [-0.4, -0.2) is 47.9 Å². The van der Waals surface area contributed by atoms with E-state index in [4.69, 9.17) is 0 Å². The second kappa shape index (κ2) is 7.56. The van der Waals surface area contributed by atoms with E-state index in [-0.39, 0.29) is 5.91 Å². The molecule has 1 amide bonds. The van der Waals surface area contributed by atoms with Gasteiger partial charge < -0.3 is 9.80 Å². The number of hydrogen-bond donors (Lipinski definition) is 0. The molecule has 3 nitrogen and oxygen atoms in total. The first-order chi connectivity index (χ1) is 13.8. The van der Waals surface area contributed by atoms with E-state index in [1.165, 1.54) is 32.4 Å². The molecule has 0 atom stereocenters. The van der Waals surface area contributed by atoms with Crippen molar-refractivity contribution in [2.45, 2.75) is 38.1 Å². The van der Waals surface area contributed by atoms with Crippen molar-refractivity contribution in [2.75, 3.05) is 26.2 Å². The van der Waals surface area contributed by atoms with Crippen molar-refractivity contribution in [3.8, 4) is 0 Å². The lowest BCUT2D eigenvalue weighted by Gasteiger charge is -2.40. The summed E-state index contributed by atoms with van der Waals surface area (Å²) < 4.78 is 0. The number of amides is 1. The molecule has 144 valence electrons. The summed E-state index contributed by atoms with van der Waals surface area (Å²) in [4.78, 5) is 18.4. The van der Waals surface area contributed by atoms with Crippen molar-refractivity contribution < 1.29 is 4.79 Å². The number of carbonyl (C=O) groups is 1. The third-order valence-electron chi connectivity index (χ3n) is 6.64. The Morgan fingerprint density at radius 2 is 1.32 bits per heavy atom. The number of piperidine rings is 2. The molecule has 0 bridgehead atoms. The Labute approximate surface area is 166 Å². The van der Waals surface area contributed by atoms with Crippen LogP contribution in [0.1, 0.15) is 42.5 Å². The highest BCUT2D eigenvalue weighted by molar-refractivity contribution is 6.18. The Hall–Kier alpha value is -2.39. The van der Waals surface area contributed by atoms with Gasteiger partial charge in [0.1, 0.15) is 0 Å². The first-order valence-corrected chi connectivity index (χ1v) is 10.7. The number of benzene rings is 3. The maximum Gasteiger partial charge on any atom is 0.255 e. The van der Waals surface area contributed by atoms with Crippen LogP contribution in [0.2, 0.25) is 0 Å². The molecule has 2 fully saturated rings. The Bertz CT molecular complexity index is 944. The van der Waals surface area contributed by atoms with E-state index in [9.17, 15) is 4.79 Å². The third-order valence-corrected chi connectivity index (χ3v) is 6.64. The molecule has 2 aliphatic heterocycles. The Kier molecular flexibility index (Phi) is 4.77. The van der Waals surface area contributed by atoms with Crippen molar-refractivity contribution in [1.82, 2.24) is 9.80 Å². The zero-order chi connectivity index (χ0) is 18.9.